The van der Waals surface area contributed by atoms with Crippen molar-refractivity contribution in [3.05, 3.63) is 53.6 Å². The van der Waals surface area contributed by atoms with E-state index in [1.165, 1.54) is 15.5 Å². The second-order valence-corrected chi connectivity index (χ2v) is 10.0. The number of carbonyl (C=O) groups excluding carboxylic acids is 2. The van der Waals surface area contributed by atoms with Gasteiger partial charge in [0.1, 0.15) is 5.75 Å². The van der Waals surface area contributed by atoms with E-state index in [9.17, 15) is 18.0 Å². The first-order valence-corrected chi connectivity index (χ1v) is 11.8. The van der Waals surface area contributed by atoms with E-state index in [2.05, 4.69) is 0 Å². The molecule has 0 radical (unpaired) electrons. The summed E-state index contributed by atoms with van der Waals surface area (Å²) in [5.41, 5.74) is 2.46. The van der Waals surface area contributed by atoms with Gasteiger partial charge in [-0.2, -0.15) is 0 Å². The first kappa shape index (κ1) is 21.2. The lowest BCUT2D eigenvalue weighted by atomic mass is 10.0. The van der Waals surface area contributed by atoms with Crippen LogP contribution in [0.5, 0.6) is 5.75 Å². The number of fused-ring (bicyclic) bond motifs is 2. The van der Waals surface area contributed by atoms with Crippen LogP contribution in [0.25, 0.3) is 0 Å². The molecule has 31 heavy (non-hydrogen) atoms. The SMILES string of the molecule is C[C@H]1Cc2cc(C(=O)N3C[C@H](C(=O)N(C)C)Oc4ccccc43)ccc2N1S(C)(=O)=O. The number of sulfonamides is 1. The number of amides is 2. The molecule has 0 aromatic heterocycles. The molecule has 0 aliphatic carbocycles. The summed E-state index contributed by atoms with van der Waals surface area (Å²) in [5.74, 6) is -0.0141. The van der Waals surface area contributed by atoms with Crippen molar-refractivity contribution in [2.24, 2.45) is 0 Å². The van der Waals surface area contributed by atoms with E-state index in [-0.39, 0.29) is 24.4 Å². The molecule has 2 aliphatic rings. The standard InChI is InChI=1S/C22H25N3O5S/c1-14-11-16-12-15(9-10-17(16)25(14)31(4,28)29)21(26)24-13-20(22(27)23(2)3)30-19-8-6-5-7-18(19)24/h5-10,12,14,20H,11,13H2,1-4H3/t14-,20+/m0/s1. The Hall–Kier alpha value is -3.07. The number of ether oxygens (including phenoxy) is 1. The van der Waals surface area contributed by atoms with Crippen molar-refractivity contribution in [1.82, 2.24) is 4.90 Å². The Bertz CT molecular complexity index is 1160. The second kappa shape index (κ2) is 7.56. The van der Waals surface area contributed by atoms with Gasteiger partial charge in [0, 0.05) is 25.7 Å². The third kappa shape index (κ3) is 3.74. The van der Waals surface area contributed by atoms with E-state index < -0.39 is 16.1 Å². The number of likely N-dealkylation sites (N-methyl/N-ethyl adjacent to an activating group) is 1. The van der Waals surface area contributed by atoms with E-state index in [4.69, 9.17) is 4.74 Å². The second-order valence-electron chi connectivity index (χ2n) is 8.18. The first-order chi connectivity index (χ1) is 14.6. The summed E-state index contributed by atoms with van der Waals surface area (Å²) in [6.45, 7) is 1.94. The normalized spacial score (nSPS) is 20.0. The smallest absolute Gasteiger partial charge is 0.265 e. The van der Waals surface area contributed by atoms with Crippen molar-refractivity contribution >= 4 is 33.2 Å². The van der Waals surface area contributed by atoms with Crippen molar-refractivity contribution in [2.75, 3.05) is 36.1 Å². The van der Waals surface area contributed by atoms with E-state index in [0.29, 0.717) is 29.1 Å². The molecule has 4 rings (SSSR count). The highest BCUT2D eigenvalue weighted by atomic mass is 32.2. The Balaban J connectivity index is 1.70. The Labute approximate surface area is 182 Å². The summed E-state index contributed by atoms with van der Waals surface area (Å²) in [6.07, 6.45) is 0.916. The predicted octanol–water partition coefficient (Wildman–Crippen LogP) is 1.89. The fourth-order valence-corrected chi connectivity index (χ4v) is 5.50. The number of hydrogen-bond acceptors (Lipinski definition) is 5. The third-order valence-electron chi connectivity index (χ3n) is 5.57. The fraction of sp³-hybridized carbons (Fsp3) is 0.364. The van der Waals surface area contributed by atoms with Gasteiger partial charge in [-0.25, -0.2) is 8.42 Å². The van der Waals surface area contributed by atoms with Gasteiger partial charge in [-0.15, -0.1) is 0 Å². The minimum absolute atomic E-state index is 0.0931. The highest BCUT2D eigenvalue weighted by molar-refractivity contribution is 7.92. The molecule has 0 N–H and O–H groups in total. The zero-order valence-electron chi connectivity index (χ0n) is 17.9. The molecule has 2 atom stereocenters. The van der Waals surface area contributed by atoms with Crippen LogP contribution in [0.15, 0.2) is 42.5 Å². The Morgan fingerprint density at radius 1 is 1.10 bits per heavy atom. The zero-order valence-corrected chi connectivity index (χ0v) is 18.7. The number of nitrogens with zero attached hydrogens (tertiary/aromatic N) is 3. The lowest BCUT2D eigenvalue weighted by molar-refractivity contribution is -0.135. The van der Waals surface area contributed by atoms with Crippen molar-refractivity contribution in [3.8, 4) is 5.75 Å². The fourth-order valence-electron chi connectivity index (χ4n) is 4.24. The topological polar surface area (TPSA) is 87.2 Å². The molecule has 8 nitrogen and oxygen atoms in total. The number of carbonyl (C=O) groups is 2. The highest BCUT2D eigenvalue weighted by Gasteiger charge is 2.36. The van der Waals surface area contributed by atoms with Gasteiger partial charge in [0.2, 0.25) is 10.0 Å². The Morgan fingerprint density at radius 2 is 1.81 bits per heavy atom. The first-order valence-electron chi connectivity index (χ1n) is 9.99. The van der Waals surface area contributed by atoms with Gasteiger partial charge in [-0.05, 0) is 49.2 Å². The van der Waals surface area contributed by atoms with Gasteiger partial charge in [-0.3, -0.25) is 13.9 Å². The van der Waals surface area contributed by atoms with Crippen molar-refractivity contribution in [2.45, 2.75) is 25.5 Å². The monoisotopic (exact) mass is 443 g/mol. The van der Waals surface area contributed by atoms with Crippen LogP contribution in [-0.4, -0.2) is 64.2 Å². The average Bonchev–Trinajstić information content (AvgIpc) is 3.06. The van der Waals surface area contributed by atoms with E-state index >= 15 is 0 Å². The quantitative estimate of drug-likeness (QED) is 0.723. The molecule has 0 saturated carbocycles. The van der Waals surface area contributed by atoms with Gasteiger partial charge in [-0.1, -0.05) is 12.1 Å². The molecule has 0 spiro atoms. The van der Waals surface area contributed by atoms with Gasteiger partial charge < -0.3 is 14.5 Å². The summed E-state index contributed by atoms with van der Waals surface area (Å²) < 4.78 is 31.6. The van der Waals surface area contributed by atoms with Gasteiger partial charge >= 0.3 is 0 Å². The van der Waals surface area contributed by atoms with Gasteiger partial charge in [0.25, 0.3) is 11.8 Å². The molecule has 0 bridgehead atoms. The Kier molecular flexibility index (Phi) is 5.17. The summed E-state index contributed by atoms with van der Waals surface area (Å²) in [6, 6.07) is 12.0. The molecule has 0 unspecified atom stereocenters. The maximum Gasteiger partial charge on any atom is 0.265 e. The van der Waals surface area contributed by atoms with E-state index in [1.807, 2.05) is 13.0 Å². The summed E-state index contributed by atoms with van der Waals surface area (Å²) in [5, 5.41) is 0. The molecule has 9 heteroatoms. The van der Waals surface area contributed by atoms with E-state index in [1.54, 1.807) is 55.4 Å². The minimum atomic E-state index is -3.40. The molecular weight excluding hydrogens is 418 g/mol. The molecule has 2 aromatic rings. The minimum Gasteiger partial charge on any atom is -0.476 e. The van der Waals surface area contributed by atoms with Crippen LogP contribution in [0.2, 0.25) is 0 Å². The predicted molar refractivity (Wildman–Crippen MR) is 118 cm³/mol. The van der Waals surface area contributed by atoms with Crippen LogP contribution in [0.1, 0.15) is 22.8 Å². The van der Waals surface area contributed by atoms with Crippen LogP contribution in [0.4, 0.5) is 11.4 Å². The summed E-state index contributed by atoms with van der Waals surface area (Å²) >= 11 is 0. The van der Waals surface area contributed by atoms with Crippen molar-refractivity contribution < 1.29 is 22.7 Å². The Morgan fingerprint density at radius 3 is 2.48 bits per heavy atom. The van der Waals surface area contributed by atoms with Gasteiger partial charge in [0.05, 0.1) is 24.2 Å². The molecule has 2 amide bonds. The van der Waals surface area contributed by atoms with Crippen LogP contribution >= 0.6 is 0 Å². The molecular formula is C22H25N3O5S. The number of anilines is 2. The number of hydrogen-bond donors (Lipinski definition) is 0. The molecule has 2 heterocycles. The third-order valence-corrected chi connectivity index (χ3v) is 6.84. The molecule has 0 saturated heterocycles. The number of para-hydroxylation sites is 2. The molecule has 164 valence electrons. The van der Waals surface area contributed by atoms with Crippen LogP contribution < -0.4 is 13.9 Å². The maximum atomic E-state index is 13.5. The maximum absolute atomic E-state index is 13.5. The van der Waals surface area contributed by atoms with Crippen molar-refractivity contribution in [1.29, 1.82) is 0 Å². The molecule has 2 aromatic carbocycles. The van der Waals surface area contributed by atoms with Crippen LogP contribution in [-0.2, 0) is 21.2 Å². The number of benzene rings is 2. The largest absolute Gasteiger partial charge is 0.476 e. The lowest BCUT2D eigenvalue weighted by Crippen LogP contribution is -2.50. The number of rotatable bonds is 3. The average molecular weight is 444 g/mol. The zero-order chi connectivity index (χ0) is 22.5. The van der Waals surface area contributed by atoms with Crippen LogP contribution in [0.3, 0.4) is 0 Å². The molecule has 2 aliphatic heterocycles. The molecule has 0 fully saturated rings. The lowest BCUT2D eigenvalue weighted by Gasteiger charge is -2.35. The van der Waals surface area contributed by atoms with Crippen LogP contribution in [0, 0.1) is 0 Å². The van der Waals surface area contributed by atoms with E-state index in [0.717, 1.165) is 5.56 Å². The summed E-state index contributed by atoms with van der Waals surface area (Å²) in [4.78, 5) is 29.0. The summed E-state index contributed by atoms with van der Waals surface area (Å²) in [7, 11) is -0.112. The van der Waals surface area contributed by atoms with Crippen molar-refractivity contribution in [3.63, 3.8) is 0 Å². The highest BCUT2D eigenvalue weighted by Crippen LogP contribution is 2.37. The van der Waals surface area contributed by atoms with Gasteiger partial charge in [0.15, 0.2) is 6.10 Å².